The van der Waals surface area contributed by atoms with E-state index in [1.54, 1.807) is 44.2 Å². The van der Waals surface area contributed by atoms with Crippen LogP contribution < -0.4 is 53.6 Å². The average molecular weight is 1210 g/mol. The number of nitrogens with two attached hydrogens (primary N) is 1. The second-order valence-corrected chi connectivity index (χ2v) is 21.1. The standard InChI is InChI=1S/C56H75N15O16/c1-30(2)17-37(48(78)70-43(27-73)53(83)67-39(20-34-23-58-28-61-34)47(77)60-25-45(74)64-42(26-72)52(82)63-31(3)56(86)87)65-51(81)41(22-46(75)76)68-49(79)38(19-33-13-8-5-9-14-33)66-50(80)40(21-35-24-59-29-62-35)69-54(84)44-15-10-16-71(44)55(85)36(57)18-32-11-6-4-7-12-32/h4-9,11-14,23-24,28-31,36-44,72-73H,10,15-22,25-27,57H2,1-3H3,(H,58,61)(H,59,62)(H,60,77)(H,63,82)(H,64,74)(H,65,81)(H,66,80)(H,67,83)(H,68,79)(H,69,84)(H,70,78)(H,75,76)(H,86,87)/t31-,36-,37-,38-,39-,40-,41-,42-,43-,44-/m0/s1. The molecule has 1 aliphatic rings. The third-order valence-electron chi connectivity index (χ3n) is 13.7. The predicted octanol–water partition coefficient (Wildman–Crippen LogP) is -4.67. The van der Waals surface area contributed by atoms with Gasteiger partial charge in [0.2, 0.25) is 59.1 Å². The van der Waals surface area contributed by atoms with Gasteiger partial charge >= 0.3 is 11.9 Å². The molecule has 2 aromatic carbocycles. The highest BCUT2D eigenvalue weighted by atomic mass is 16.4. The molecular formula is C56H75N15O16. The molecule has 4 aromatic rings. The lowest BCUT2D eigenvalue weighted by atomic mass is 10.0. The van der Waals surface area contributed by atoms with E-state index in [1.165, 1.54) is 29.9 Å². The Labute approximate surface area is 498 Å². The number of hydrogen-bond donors (Lipinski definition) is 16. The number of aromatic nitrogens is 4. The van der Waals surface area contributed by atoms with E-state index >= 15 is 0 Å². The second kappa shape index (κ2) is 33.8. The summed E-state index contributed by atoms with van der Waals surface area (Å²) in [5, 5.41) is 60.5. The molecule has 31 heteroatoms. The van der Waals surface area contributed by atoms with E-state index < -0.39 is 158 Å². The molecule has 1 saturated heterocycles. The molecule has 1 aliphatic heterocycles. The molecule has 0 bridgehead atoms. The van der Waals surface area contributed by atoms with Crippen molar-refractivity contribution in [1.29, 1.82) is 0 Å². The minimum absolute atomic E-state index is 0.155. The number of aromatic amines is 2. The smallest absolute Gasteiger partial charge is 0.325 e. The van der Waals surface area contributed by atoms with Gasteiger partial charge in [0, 0.05) is 38.2 Å². The number of hydrogen-bond acceptors (Lipinski definition) is 17. The lowest BCUT2D eigenvalue weighted by Gasteiger charge is -2.29. The van der Waals surface area contributed by atoms with Crippen molar-refractivity contribution < 1.29 is 78.0 Å². The molecule has 1 fully saturated rings. The average Bonchev–Trinajstić information content (AvgIpc) is 2.60. The Balaban J connectivity index is 1.29. The SMILES string of the molecule is CC(C)C[C@H](NC(=O)[C@H](CC(=O)O)NC(=O)[C@H](Cc1ccccc1)NC(=O)[C@H](Cc1c[nH]cn1)NC(=O)[C@@H]1CCCN1C(=O)[C@@H](N)Cc1ccccc1)C(=O)N[C@@H](CO)C(=O)N[C@@H](Cc1c[nH]cn1)C(=O)NCC(=O)N[C@@H](CO)C(=O)N[C@@H](C)C(=O)O. The van der Waals surface area contributed by atoms with Crippen molar-refractivity contribution >= 4 is 71.0 Å². The van der Waals surface area contributed by atoms with E-state index in [0.717, 1.165) is 12.5 Å². The van der Waals surface area contributed by atoms with Crippen LogP contribution in [0.15, 0.2) is 85.7 Å². The van der Waals surface area contributed by atoms with E-state index in [0.29, 0.717) is 17.7 Å². The lowest BCUT2D eigenvalue weighted by molar-refractivity contribution is -0.142. The maximum atomic E-state index is 14.5. The van der Waals surface area contributed by atoms with Crippen LogP contribution in [0, 0.1) is 5.92 Å². The molecule has 0 aliphatic carbocycles. The summed E-state index contributed by atoms with van der Waals surface area (Å²) in [6.07, 6.45) is 4.49. The first-order valence-corrected chi connectivity index (χ1v) is 27.9. The summed E-state index contributed by atoms with van der Waals surface area (Å²) in [5.41, 5.74) is 8.24. The second-order valence-electron chi connectivity index (χ2n) is 21.1. The number of rotatable bonds is 34. The highest BCUT2D eigenvalue weighted by Crippen LogP contribution is 2.20. The molecule has 0 spiro atoms. The number of likely N-dealkylation sites (tertiary alicyclic amines) is 1. The fraction of sp³-hybridized carbons (Fsp3) is 0.464. The van der Waals surface area contributed by atoms with Crippen LogP contribution >= 0.6 is 0 Å². The number of nitrogens with one attached hydrogen (secondary N) is 11. The summed E-state index contributed by atoms with van der Waals surface area (Å²) in [6, 6.07) is 2.65. The first-order valence-electron chi connectivity index (χ1n) is 27.9. The van der Waals surface area contributed by atoms with Gasteiger partial charge in [-0.05, 0) is 49.7 Å². The van der Waals surface area contributed by atoms with E-state index in [-0.39, 0.29) is 56.7 Å². The Morgan fingerprint density at radius 1 is 0.575 bits per heavy atom. The Bertz CT molecular complexity index is 2990. The molecule has 10 amide bonds. The third kappa shape index (κ3) is 21.8. The van der Waals surface area contributed by atoms with Crippen LogP contribution in [0.3, 0.4) is 0 Å². The molecule has 2 aromatic heterocycles. The molecular weight excluding hydrogens is 1140 g/mol. The van der Waals surface area contributed by atoms with Crippen LogP contribution in [0.5, 0.6) is 0 Å². The summed E-state index contributed by atoms with van der Waals surface area (Å²) in [6.45, 7) is 1.87. The number of aliphatic carboxylic acids is 2. The van der Waals surface area contributed by atoms with Gasteiger partial charge in [-0.15, -0.1) is 0 Å². The molecule has 470 valence electrons. The quantitative estimate of drug-likeness (QED) is 0.0209. The fourth-order valence-corrected chi connectivity index (χ4v) is 9.19. The Morgan fingerprint density at radius 3 is 1.55 bits per heavy atom. The lowest BCUT2D eigenvalue weighted by Crippen LogP contribution is -2.61. The van der Waals surface area contributed by atoms with Crippen LogP contribution in [-0.4, -0.2) is 203 Å². The van der Waals surface area contributed by atoms with Gasteiger partial charge in [-0.25, -0.2) is 9.97 Å². The van der Waals surface area contributed by atoms with Crippen LogP contribution in [0.4, 0.5) is 0 Å². The normalized spacial score (nSPS) is 15.9. The van der Waals surface area contributed by atoms with Crippen molar-refractivity contribution in [3.63, 3.8) is 0 Å². The van der Waals surface area contributed by atoms with Gasteiger partial charge < -0.3 is 88.9 Å². The number of carbonyl (C=O) groups excluding carboxylic acids is 10. The first-order chi connectivity index (χ1) is 41.5. The van der Waals surface area contributed by atoms with Gasteiger partial charge in [-0.3, -0.25) is 57.5 Å². The van der Waals surface area contributed by atoms with Crippen molar-refractivity contribution in [2.45, 2.75) is 133 Å². The largest absolute Gasteiger partial charge is 0.481 e. The molecule has 31 nitrogen and oxygen atoms in total. The maximum Gasteiger partial charge on any atom is 0.325 e. The number of carbonyl (C=O) groups is 12. The molecule has 10 atom stereocenters. The van der Waals surface area contributed by atoms with Gasteiger partial charge in [-0.2, -0.15) is 0 Å². The maximum absolute atomic E-state index is 14.5. The summed E-state index contributed by atoms with van der Waals surface area (Å²) in [5.74, 6) is -12.9. The zero-order valence-electron chi connectivity index (χ0n) is 48.0. The minimum Gasteiger partial charge on any atom is -0.481 e. The number of aliphatic hydroxyl groups is 2. The van der Waals surface area contributed by atoms with E-state index in [4.69, 9.17) is 10.8 Å². The highest BCUT2D eigenvalue weighted by Gasteiger charge is 2.40. The Hall–Kier alpha value is -9.62. The number of amides is 10. The molecule has 0 saturated carbocycles. The Kier molecular flexibility index (Phi) is 26.5. The van der Waals surface area contributed by atoms with Crippen molar-refractivity contribution in [2.75, 3.05) is 26.3 Å². The van der Waals surface area contributed by atoms with E-state index in [1.807, 2.05) is 30.3 Å². The van der Waals surface area contributed by atoms with Gasteiger partial charge in [0.25, 0.3) is 0 Å². The minimum atomic E-state index is -1.92. The van der Waals surface area contributed by atoms with Crippen molar-refractivity contribution in [2.24, 2.45) is 11.7 Å². The molecule has 0 unspecified atom stereocenters. The van der Waals surface area contributed by atoms with Crippen LogP contribution in [0.1, 0.15) is 69.0 Å². The number of imidazole rings is 2. The highest BCUT2D eigenvalue weighted by molar-refractivity contribution is 5.99. The van der Waals surface area contributed by atoms with Crippen molar-refractivity contribution in [3.05, 3.63) is 108 Å². The number of nitrogens with zero attached hydrogens (tertiary/aromatic N) is 3. The fourth-order valence-electron chi connectivity index (χ4n) is 9.19. The number of aliphatic hydroxyl groups excluding tert-OH is 2. The number of carboxylic acid groups (broad SMARTS) is 2. The molecule has 17 N–H and O–H groups in total. The van der Waals surface area contributed by atoms with Crippen molar-refractivity contribution in [1.82, 2.24) is 72.7 Å². The van der Waals surface area contributed by atoms with Gasteiger partial charge in [0.15, 0.2) is 0 Å². The van der Waals surface area contributed by atoms with E-state index in [2.05, 4.69) is 67.8 Å². The monoisotopic (exact) mass is 1210 g/mol. The van der Waals surface area contributed by atoms with Crippen LogP contribution in [0.25, 0.3) is 0 Å². The Morgan fingerprint density at radius 2 is 1.03 bits per heavy atom. The summed E-state index contributed by atoms with van der Waals surface area (Å²) in [4.78, 5) is 176. The number of carboxylic acids is 2. The first kappa shape index (κ1) is 68.2. The third-order valence-corrected chi connectivity index (χ3v) is 13.7. The topological polar surface area (TPSA) is 481 Å². The number of H-pyrrole nitrogens is 2. The summed E-state index contributed by atoms with van der Waals surface area (Å²) in [7, 11) is 0. The zero-order valence-corrected chi connectivity index (χ0v) is 48.0. The van der Waals surface area contributed by atoms with Crippen molar-refractivity contribution in [3.8, 4) is 0 Å². The molecule has 3 heterocycles. The van der Waals surface area contributed by atoms with Gasteiger partial charge in [0.05, 0.1) is 56.3 Å². The van der Waals surface area contributed by atoms with Gasteiger partial charge in [-0.1, -0.05) is 74.5 Å². The molecule has 0 radical (unpaired) electrons. The summed E-state index contributed by atoms with van der Waals surface area (Å²) >= 11 is 0. The zero-order chi connectivity index (χ0) is 63.7. The van der Waals surface area contributed by atoms with E-state index in [9.17, 15) is 72.9 Å². The predicted molar refractivity (Wildman–Crippen MR) is 305 cm³/mol. The van der Waals surface area contributed by atoms with Gasteiger partial charge in [0.1, 0.15) is 54.4 Å². The molecule has 5 rings (SSSR count). The van der Waals surface area contributed by atoms with Crippen LogP contribution in [-0.2, 0) is 83.2 Å². The summed E-state index contributed by atoms with van der Waals surface area (Å²) < 4.78 is 0. The number of benzene rings is 2. The molecule has 87 heavy (non-hydrogen) atoms. The van der Waals surface area contributed by atoms with Crippen LogP contribution in [0.2, 0.25) is 0 Å².